The molecule has 1 aliphatic rings. The summed E-state index contributed by atoms with van der Waals surface area (Å²) in [6, 6.07) is 19.6. The Morgan fingerprint density at radius 3 is 2.05 bits per heavy atom. The van der Waals surface area contributed by atoms with E-state index in [9.17, 15) is 0 Å². The minimum Gasteiger partial charge on any atom is -0.324 e. The fraction of sp³-hybridized carbons (Fsp3) is 0.100. The topological polar surface area (TPSA) is 26.0 Å². The van der Waals surface area contributed by atoms with Crippen molar-refractivity contribution in [2.75, 3.05) is 0 Å². The van der Waals surface area contributed by atoms with Crippen molar-refractivity contribution in [3.8, 4) is 0 Å². The van der Waals surface area contributed by atoms with E-state index < -0.39 is 0 Å². The Bertz CT molecular complexity index is 833. The standard InChI is InChI=1S/C20H17N/c21-17-11-9-14(10-12-17)20-18-7-3-1-5-15(18)13-16-6-2-4-8-19(16)20/h1-11,13,17H,12,21H2. The van der Waals surface area contributed by atoms with Crippen LogP contribution in [0.1, 0.15) is 12.0 Å². The third kappa shape index (κ3) is 2.07. The number of allylic oxidation sites excluding steroid dienone is 2. The van der Waals surface area contributed by atoms with Gasteiger partial charge in [0.2, 0.25) is 0 Å². The van der Waals surface area contributed by atoms with E-state index >= 15 is 0 Å². The normalized spacial score (nSPS) is 18.1. The summed E-state index contributed by atoms with van der Waals surface area (Å²) >= 11 is 0. The van der Waals surface area contributed by atoms with Gasteiger partial charge in [-0.05, 0) is 45.2 Å². The number of rotatable bonds is 1. The van der Waals surface area contributed by atoms with E-state index in [4.69, 9.17) is 5.73 Å². The maximum Gasteiger partial charge on any atom is 0.0262 e. The maximum atomic E-state index is 5.97. The van der Waals surface area contributed by atoms with Crippen molar-refractivity contribution < 1.29 is 0 Å². The Morgan fingerprint density at radius 2 is 1.48 bits per heavy atom. The molecule has 0 fully saturated rings. The van der Waals surface area contributed by atoms with Crippen LogP contribution in [0, 0.1) is 0 Å². The molecule has 0 aliphatic heterocycles. The predicted molar refractivity (Wildman–Crippen MR) is 91.2 cm³/mol. The molecule has 0 bridgehead atoms. The molecular formula is C20H17N. The molecule has 3 aromatic carbocycles. The smallest absolute Gasteiger partial charge is 0.0262 e. The quantitative estimate of drug-likeness (QED) is 0.640. The van der Waals surface area contributed by atoms with Crippen molar-refractivity contribution in [1.29, 1.82) is 0 Å². The fourth-order valence-corrected chi connectivity index (χ4v) is 3.15. The Hall–Kier alpha value is -2.38. The van der Waals surface area contributed by atoms with Crippen molar-refractivity contribution in [2.45, 2.75) is 12.5 Å². The molecule has 102 valence electrons. The highest BCUT2D eigenvalue weighted by Gasteiger charge is 2.12. The van der Waals surface area contributed by atoms with Gasteiger partial charge >= 0.3 is 0 Å². The number of hydrogen-bond donors (Lipinski definition) is 1. The summed E-state index contributed by atoms with van der Waals surface area (Å²) in [4.78, 5) is 0. The highest BCUT2D eigenvalue weighted by Crippen LogP contribution is 2.35. The van der Waals surface area contributed by atoms with Gasteiger partial charge in [0.1, 0.15) is 0 Å². The summed E-state index contributed by atoms with van der Waals surface area (Å²) in [5, 5.41) is 5.19. The van der Waals surface area contributed by atoms with E-state index in [2.05, 4.69) is 72.8 Å². The number of nitrogens with two attached hydrogens (primary N) is 1. The Morgan fingerprint density at radius 1 is 0.857 bits per heavy atom. The van der Waals surface area contributed by atoms with Gasteiger partial charge in [-0.25, -0.2) is 0 Å². The van der Waals surface area contributed by atoms with Crippen molar-refractivity contribution in [3.05, 3.63) is 78.4 Å². The summed E-state index contributed by atoms with van der Waals surface area (Å²) in [5.74, 6) is 0. The fourth-order valence-electron chi connectivity index (χ4n) is 3.15. The second-order valence-electron chi connectivity index (χ2n) is 5.61. The van der Waals surface area contributed by atoms with Crippen LogP contribution in [-0.4, -0.2) is 6.04 Å². The Balaban J connectivity index is 2.10. The first kappa shape index (κ1) is 12.4. The largest absolute Gasteiger partial charge is 0.324 e. The van der Waals surface area contributed by atoms with Crippen molar-refractivity contribution >= 4 is 27.1 Å². The molecule has 4 rings (SSSR count). The monoisotopic (exact) mass is 271 g/mol. The van der Waals surface area contributed by atoms with Gasteiger partial charge in [0.05, 0.1) is 0 Å². The zero-order chi connectivity index (χ0) is 14.2. The highest BCUT2D eigenvalue weighted by molar-refractivity contribution is 6.10. The van der Waals surface area contributed by atoms with E-state index in [1.54, 1.807) is 0 Å². The van der Waals surface area contributed by atoms with Crippen molar-refractivity contribution in [2.24, 2.45) is 5.73 Å². The maximum absolute atomic E-state index is 5.97. The molecule has 3 aromatic rings. The molecule has 21 heavy (non-hydrogen) atoms. The van der Waals surface area contributed by atoms with Gasteiger partial charge in [0.15, 0.2) is 0 Å². The second-order valence-corrected chi connectivity index (χ2v) is 5.61. The van der Waals surface area contributed by atoms with Crippen LogP contribution in [0.15, 0.2) is 72.8 Å². The van der Waals surface area contributed by atoms with E-state index in [0.717, 1.165) is 6.42 Å². The molecule has 1 heteroatoms. The van der Waals surface area contributed by atoms with Crippen LogP contribution in [-0.2, 0) is 0 Å². The van der Waals surface area contributed by atoms with Gasteiger partial charge < -0.3 is 5.73 Å². The molecule has 0 spiro atoms. The lowest BCUT2D eigenvalue weighted by atomic mass is 9.89. The molecular weight excluding hydrogens is 254 g/mol. The van der Waals surface area contributed by atoms with Crippen molar-refractivity contribution in [1.82, 2.24) is 0 Å². The summed E-state index contributed by atoms with van der Waals surface area (Å²) in [5.41, 5.74) is 8.58. The predicted octanol–water partition coefficient (Wildman–Crippen LogP) is 4.66. The zero-order valence-electron chi connectivity index (χ0n) is 11.8. The molecule has 1 unspecified atom stereocenters. The van der Waals surface area contributed by atoms with Gasteiger partial charge in [-0.1, -0.05) is 66.8 Å². The lowest BCUT2D eigenvalue weighted by Crippen LogP contribution is -2.17. The zero-order valence-corrected chi connectivity index (χ0v) is 11.8. The molecule has 0 saturated heterocycles. The minimum atomic E-state index is 0.148. The molecule has 1 atom stereocenters. The lowest BCUT2D eigenvalue weighted by molar-refractivity contribution is 0.828. The van der Waals surface area contributed by atoms with E-state index in [0.29, 0.717) is 0 Å². The lowest BCUT2D eigenvalue weighted by Gasteiger charge is -2.16. The average molecular weight is 271 g/mol. The van der Waals surface area contributed by atoms with Crippen LogP contribution in [0.3, 0.4) is 0 Å². The third-order valence-electron chi connectivity index (χ3n) is 4.19. The molecule has 2 N–H and O–H groups in total. The molecule has 0 saturated carbocycles. The molecule has 0 radical (unpaired) electrons. The van der Waals surface area contributed by atoms with Crippen LogP contribution in [0.25, 0.3) is 27.1 Å². The molecule has 0 amide bonds. The van der Waals surface area contributed by atoms with E-state index in [-0.39, 0.29) is 6.04 Å². The first-order valence-corrected chi connectivity index (χ1v) is 7.38. The van der Waals surface area contributed by atoms with E-state index in [1.165, 1.54) is 32.7 Å². The van der Waals surface area contributed by atoms with Crippen LogP contribution in [0.2, 0.25) is 0 Å². The van der Waals surface area contributed by atoms with Crippen LogP contribution in [0.4, 0.5) is 0 Å². The van der Waals surface area contributed by atoms with Gasteiger partial charge in [0, 0.05) is 6.04 Å². The summed E-state index contributed by atoms with van der Waals surface area (Å²) in [7, 11) is 0. The molecule has 1 nitrogen and oxygen atoms in total. The second kappa shape index (κ2) is 4.87. The van der Waals surface area contributed by atoms with Crippen LogP contribution >= 0.6 is 0 Å². The van der Waals surface area contributed by atoms with Gasteiger partial charge in [0.25, 0.3) is 0 Å². The summed E-state index contributed by atoms with van der Waals surface area (Å²) in [6.45, 7) is 0. The van der Waals surface area contributed by atoms with Gasteiger partial charge in [-0.3, -0.25) is 0 Å². The van der Waals surface area contributed by atoms with Crippen LogP contribution in [0.5, 0.6) is 0 Å². The SMILES string of the molecule is NC1C=CC(c2c3ccccc3cc3ccccc23)=CC1. The number of hydrogen-bond acceptors (Lipinski definition) is 1. The third-order valence-corrected chi connectivity index (χ3v) is 4.19. The number of fused-ring (bicyclic) bond motifs is 2. The minimum absolute atomic E-state index is 0.148. The number of benzene rings is 3. The molecule has 1 aliphatic carbocycles. The first-order chi connectivity index (χ1) is 10.3. The first-order valence-electron chi connectivity index (χ1n) is 7.38. The van der Waals surface area contributed by atoms with E-state index in [1.807, 2.05) is 0 Å². The Labute approximate surface area is 124 Å². The Kier molecular flexibility index (Phi) is 2.87. The summed E-state index contributed by atoms with van der Waals surface area (Å²) in [6.07, 6.45) is 7.44. The molecule has 0 heterocycles. The average Bonchev–Trinajstić information content (AvgIpc) is 2.53. The summed E-state index contributed by atoms with van der Waals surface area (Å²) < 4.78 is 0. The van der Waals surface area contributed by atoms with Gasteiger partial charge in [-0.15, -0.1) is 0 Å². The molecule has 0 aromatic heterocycles. The van der Waals surface area contributed by atoms with Gasteiger partial charge in [-0.2, -0.15) is 0 Å². The van der Waals surface area contributed by atoms with Crippen molar-refractivity contribution in [3.63, 3.8) is 0 Å². The van der Waals surface area contributed by atoms with Crippen LogP contribution < -0.4 is 5.73 Å². The highest BCUT2D eigenvalue weighted by atomic mass is 14.6.